The second kappa shape index (κ2) is 8.02. The SMILES string of the molecule is COc1ccc(S(=O)(=O)N2CCN(Cc3nc4ccc(OC)cc4[nH]3)CC2)cc1. The van der Waals surface area contributed by atoms with E-state index >= 15 is 0 Å². The van der Waals surface area contributed by atoms with Gasteiger partial charge in [-0.3, -0.25) is 4.90 Å². The number of methoxy groups -OCH3 is 2. The molecule has 0 unspecified atom stereocenters. The minimum Gasteiger partial charge on any atom is -0.497 e. The number of aromatic nitrogens is 2. The van der Waals surface area contributed by atoms with Crippen LogP contribution in [0.15, 0.2) is 47.4 Å². The Labute approximate surface area is 170 Å². The zero-order valence-electron chi connectivity index (χ0n) is 16.5. The number of imidazole rings is 1. The van der Waals surface area contributed by atoms with Crippen LogP contribution in [0.2, 0.25) is 0 Å². The molecule has 0 radical (unpaired) electrons. The van der Waals surface area contributed by atoms with E-state index in [9.17, 15) is 8.42 Å². The Morgan fingerprint density at radius 1 is 0.966 bits per heavy atom. The van der Waals surface area contributed by atoms with Crippen molar-refractivity contribution in [2.75, 3.05) is 40.4 Å². The molecular formula is C20H24N4O4S. The number of nitrogens with one attached hydrogen (secondary N) is 1. The van der Waals surface area contributed by atoms with E-state index in [2.05, 4.69) is 14.9 Å². The van der Waals surface area contributed by atoms with Crippen LogP contribution in [0.5, 0.6) is 11.5 Å². The average molecular weight is 417 g/mol. The molecule has 0 atom stereocenters. The molecule has 154 valence electrons. The van der Waals surface area contributed by atoms with Gasteiger partial charge in [0.25, 0.3) is 0 Å². The van der Waals surface area contributed by atoms with Crippen LogP contribution < -0.4 is 9.47 Å². The molecule has 0 spiro atoms. The average Bonchev–Trinajstić information content (AvgIpc) is 3.15. The van der Waals surface area contributed by atoms with Gasteiger partial charge in [-0.1, -0.05) is 0 Å². The summed E-state index contributed by atoms with van der Waals surface area (Å²) in [4.78, 5) is 10.4. The van der Waals surface area contributed by atoms with Gasteiger partial charge in [0.1, 0.15) is 17.3 Å². The van der Waals surface area contributed by atoms with Gasteiger partial charge in [0.2, 0.25) is 10.0 Å². The van der Waals surface area contributed by atoms with Crippen LogP contribution in [0, 0.1) is 0 Å². The van der Waals surface area contributed by atoms with Gasteiger partial charge in [0.05, 0.1) is 36.7 Å². The second-order valence-corrected chi connectivity index (χ2v) is 8.86. The van der Waals surface area contributed by atoms with E-state index in [1.54, 1.807) is 38.5 Å². The van der Waals surface area contributed by atoms with E-state index in [0.717, 1.165) is 22.6 Å². The fourth-order valence-corrected chi connectivity index (χ4v) is 4.90. The van der Waals surface area contributed by atoms with Gasteiger partial charge in [-0.05, 0) is 36.4 Å². The van der Waals surface area contributed by atoms with Crippen molar-refractivity contribution in [2.24, 2.45) is 0 Å². The molecule has 2 aromatic carbocycles. The monoisotopic (exact) mass is 416 g/mol. The van der Waals surface area contributed by atoms with E-state index in [4.69, 9.17) is 9.47 Å². The first-order valence-corrected chi connectivity index (χ1v) is 10.8. The van der Waals surface area contributed by atoms with Crippen molar-refractivity contribution < 1.29 is 17.9 Å². The molecule has 1 aliphatic rings. The lowest BCUT2D eigenvalue weighted by Crippen LogP contribution is -2.48. The first kappa shape index (κ1) is 19.7. The van der Waals surface area contributed by atoms with Crippen LogP contribution in [0.25, 0.3) is 11.0 Å². The molecule has 4 rings (SSSR count). The lowest BCUT2D eigenvalue weighted by Gasteiger charge is -2.33. The third-order valence-corrected chi connectivity index (χ3v) is 7.05. The van der Waals surface area contributed by atoms with Crippen molar-refractivity contribution in [2.45, 2.75) is 11.4 Å². The Bertz CT molecular complexity index is 1090. The van der Waals surface area contributed by atoms with E-state index in [-0.39, 0.29) is 4.90 Å². The third kappa shape index (κ3) is 4.07. The zero-order chi connectivity index (χ0) is 20.4. The number of hydrogen-bond acceptors (Lipinski definition) is 6. The summed E-state index contributed by atoms with van der Waals surface area (Å²) in [5.74, 6) is 2.28. The highest BCUT2D eigenvalue weighted by molar-refractivity contribution is 7.89. The molecule has 8 nitrogen and oxygen atoms in total. The molecule has 1 saturated heterocycles. The van der Waals surface area contributed by atoms with Gasteiger partial charge in [-0.25, -0.2) is 13.4 Å². The van der Waals surface area contributed by atoms with Crippen LogP contribution >= 0.6 is 0 Å². The summed E-state index contributed by atoms with van der Waals surface area (Å²) in [5.41, 5.74) is 1.82. The molecule has 0 bridgehead atoms. The van der Waals surface area contributed by atoms with Gasteiger partial charge in [-0.2, -0.15) is 4.31 Å². The van der Waals surface area contributed by atoms with Gasteiger partial charge in [0, 0.05) is 32.2 Å². The Balaban J connectivity index is 1.40. The number of benzene rings is 2. The summed E-state index contributed by atoms with van der Waals surface area (Å²) in [7, 11) is -0.304. The molecule has 9 heteroatoms. The molecule has 2 heterocycles. The number of H-pyrrole nitrogens is 1. The van der Waals surface area contributed by atoms with Crippen LogP contribution in [0.1, 0.15) is 5.82 Å². The van der Waals surface area contributed by atoms with Gasteiger partial charge in [-0.15, -0.1) is 0 Å². The lowest BCUT2D eigenvalue weighted by atomic mass is 10.3. The summed E-state index contributed by atoms with van der Waals surface area (Å²) in [6.45, 7) is 2.84. The van der Waals surface area contributed by atoms with E-state index in [0.29, 0.717) is 38.5 Å². The maximum atomic E-state index is 12.9. The zero-order valence-corrected chi connectivity index (χ0v) is 17.3. The molecule has 29 heavy (non-hydrogen) atoms. The van der Waals surface area contributed by atoms with Crippen molar-refractivity contribution in [1.29, 1.82) is 0 Å². The maximum Gasteiger partial charge on any atom is 0.243 e. The van der Waals surface area contributed by atoms with Gasteiger partial charge >= 0.3 is 0 Å². The minimum atomic E-state index is -3.50. The highest BCUT2D eigenvalue weighted by Crippen LogP contribution is 2.22. The summed E-state index contributed by atoms with van der Waals surface area (Å²) in [5, 5.41) is 0. The number of nitrogens with zero attached hydrogens (tertiary/aromatic N) is 3. The van der Waals surface area contributed by atoms with Crippen LogP contribution in [0.4, 0.5) is 0 Å². The smallest absolute Gasteiger partial charge is 0.243 e. The summed E-state index contributed by atoms with van der Waals surface area (Å²) < 4.78 is 37.6. The molecule has 1 fully saturated rings. The summed E-state index contributed by atoms with van der Waals surface area (Å²) in [6.07, 6.45) is 0. The highest BCUT2D eigenvalue weighted by atomic mass is 32.2. The first-order valence-electron chi connectivity index (χ1n) is 9.39. The number of hydrogen-bond donors (Lipinski definition) is 1. The van der Waals surface area contributed by atoms with Crippen LogP contribution in [-0.4, -0.2) is 68.0 Å². The van der Waals surface area contributed by atoms with Crippen molar-refractivity contribution in [1.82, 2.24) is 19.2 Å². The number of piperazine rings is 1. The van der Waals surface area contributed by atoms with E-state index in [1.807, 2.05) is 18.2 Å². The maximum absolute atomic E-state index is 12.9. The second-order valence-electron chi connectivity index (χ2n) is 6.92. The number of sulfonamides is 1. The molecule has 0 amide bonds. The summed E-state index contributed by atoms with van der Waals surface area (Å²) in [6, 6.07) is 12.2. The predicted octanol–water partition coefficient (Wildman–Crippen LogP) is 2.09. The lowest BCUT2D eigenvalue weighted by molar-refractivity contribution is 0.178. The fraction of sp³-hybridized carbons (Fsp3) is 0.350. The molecule has 1 aliphatic heterocycles. The summed E-state index contributed by atoms with van der Waals surface area (Å²) >= 11 is 0. The quantitative estimate of drug-likeness (QED) is 0.662. The molecule has 0 aliphatic carbocycles. The molecule has 0 saturated carbocycles. The number of aromatic amines is 1. The molecule has 3 aromatic rings. The van der Waals surface area contributed by atoms with Gasteiger partial charge < -0.3 is 14.5 Å². The number of ether oxygens (including phenoxy) is 2. The largest absolute Gasteiger partial charge is 0.497 e. The Hall–Kier alpha value is -2.62. The molecule has 1 N–H and O–H groups in total. The fourth-order valence-electron chi connectivity index (χ4n) is 3.48. The van der Waals surface area contributed by atoms with Crippen molar-refractivity contribution in [3.63, 3.8) is 0 Å². The van der Waals surface area contributed by atoms with Crippen molar-refractivity contribution in [3.05, 3.63) is 48.3 Å². The van der Waals surface area contributed by atoms with Crippen LogP contribution in [-0.2, 0) is 16.6 Å². The van der Waals surface area contributed by atoms with E-state index < -0.39 is 10.0 Å². The van der Waals surface area contributed by atoms with E-state index in [1.165, 1.54) is 4.31 Å². The first-order chi connectivity index (χ1) is 14.0. The third-order valence-electron chi connectivity index (χ3n) is 5.14. The Morgan fingerprint density at radius 3 is 2.28 bits per heavy atom. The number of fused-ring (bicyclic) bond motifs is 1. The van der Waals surface area contributed by atoms with Crippen LogP contribution in [0.3, 0.4) is 0 Å². The van der Waals surface area contributed by atoms with Gasteiger partial charge in [0.15, 0.2) is 0 Å². The Kier molecular flexibility index (Phi) is 5.44. The standard InChI is InChI=1S/C20H24N4O4S/c1-27-15-3-6-17(7-4-15)29(25,26)24-11-9-23(10-12-24)14-20-21-18-8-5-16(28-2)13-19(18)22-20/h3-8,13H,9-12,14H2,1-2H3,(H,21,22). The Morgan fingerprint density at radius 2 is 1.62 bits per heavy atom. The topological polar surface area (TPSA) is 87.8 Å². The predicted molar refractivity (Wildman–Crippen MR) is 110 cm³/mol. The number of rotatable bonds is 6. The minimum absolute atomic E-state index is 0.290. The van der Waals surface area contributed by atoms with Crippen molar-refractivity contribution in [3.8, 4) is 11.5 Å². The van der Waals surface area contributed by atoms with Crippen molar-refractivity contribution >= 4 is 21.1 Å². The molecule has 1 aromatic heterocycles. The normalized spacial score (nSPS) is 16.2. The molecular weight excluding hydrogens is 392 g/mol. The highest BCUT2D eigenvalue weighted by Gasteiger charge is 2.28.